The molecule has 7 nitrogen and oxygen atoms in total. The Labute approximate surface area is 80.7 Å². The van der Waals surface area contributed by atoms with E-state index in [2.05, 4.69) is 9.99 Å². The number of carbonyl (C=O) groups is 2. The van der Waals surface area contributed by atoms with Crippen LogP contribution in [0.1, 0.15) is 6.92 Å². The van der Waals surface area contributed by atoms with Crippen LogP contribution in [0.2, 0.25) is 0 Å². The topological polar surface area (TPSA) is 109 Å². The Bertz CT molecular complexity index is 281. The van der Waals surface area contributed by atoms with Crippen LogP contribution in [0.4, 0.5) is 0 Å². The van der Waals surface area contributed by atoms with Crippen molar-refractivity contribution in [2.75, 3.05) is 13.2 Å². The third-order valence-corrected chi connectivity index (χ3v) is 1.18. The lowest BCUT2D eigenvalue weighted by Gasteiger charge is -2.08. The largest absolute Gasteiger partial charge is 0.385 e. The molecule has 2 N–H and O–H groups in total. The molecule has 0 atom stereocenters. The summed E-state index contributed by atoms with van der Waals surface area (Å²) < 4.78 is 0. The molecule has 7 heteroatoms. The standard InChI is InChI=1S/C7H10N4O3/c1-2-11(5-8)7(13)4-14-10-3-6(9)12/h3H,2,4H2,1H3,(H2,9,12)/b10-3+. The van der Waals surface area contributed by atoms with Crippen molar-refractivity contribution in [3.8, 4) is 6.19 Å². The minimum absolute atomic E-state index is 0.262. The second-order valence-electron chi connectivity index (χ2n) is 2.15. The van der Waals surface area contributed by atoms with Gasteiger partial charge in [-0.15, -0.1) is 0 Å². The van der Waals surface area contributed by atoms with E-state index in [9.17, 15) is 9.59 Å². The SMILES string of the molecule is CCN(C#N)C(=O)CO/N=C/C(N)=O. The van der Waals surface area contributed by atoms with E-state index in [1.165, 1.54) is 0 Å². The molecule has 0 fully saturated rings. The summed E-state index contributed by atoms with van der Waals surface area (Å²) in [4.78, 5) is 26.5. The molecule has 0 aromatic rings. The fraction of sp³-hybridized carbons (Fsp3) is 0.429. The summed E-state index contributed by atoms with van der Waals surface area (Å²) in [6.45, 7) is 1.51. The van der Waals surface area contributed by atoms with Crippen molar-refractivity contribution in [2.24, 2.45) is 10.9 Å². The number of carbonyl (C=O) groups excluding carboxylic acids is 2. The molecule has 0 saturated heterocycles. The molecule has 2 amide bonds. The maximum Gasteiger partial charge on any atom is 0.276 e. The first-order valence-electron chi connectivity index (χ1n) is 3.76. The molecule has 0 radical (unpaired) electrons. The van der Waals surface area contributed by atoms with E-state index in [1.54, 1.807) is 13.1 Å². The third kappa shape index (κ3) is 4.71. The lowest BCUT2D eigenvalue weighted by Crippen LogP contribution is -2.29. The molecule has 0 rings (SSSR count). The predicted octanol–water partition coefficient (Wildman–Crippen LogP) is -1.20. The van der Waals surface area contributed by atoms with Gasteiger partial charge < -0.3 is 10.6 Å². The lowest BCUT2D eigenvalue weighted by molar-refractivity contribution is -0.132. The van der Waals surface area contributed by atoms with Gasteiger partial charge in [-0.05, 0) is 6.92 Å². The van der Waals surface area contributed by atoms with Crippen molar-refractivity contribution in [1.82, 2.24) is 4.90 Å². The van der Waals surface area contributed by atoms with E-state index in [-0.39, 0.29) is 6.54 Å². The van der Waals surface area contributed by atoms with Crippen LogP contribution in [0.5, 0.6) is 0 Å². The maximum atomic E-state index is 11.0. The average Bonchev–Trinajstić information content (AvgIpc) is 2.14. The molecule has 0 aromatic heterocycles. The molecular formula is C7H10N4O3. The van der Waals surface area contributed by atoms with Crippen molar-refractivity contribution in [3.05, 3.63) is 0 Å². The molecule has 0 saturated carbocycles. The van der Waals surface area contributed by atoms with Crippen LogP contribution in [-0.2, 0) is 14.4 Å². The molecule has 14 heavy (non-hydrogen) atoms. The number of rotatable bonds is 5. The second-order valence-corrected chi connectivity index (χ2v) is 2.15. The first-order valence-corrected chi connectivity index (χ1v) is 3.76. The van der Waals surface area contributed by atoms with Gasteiger partial charge in [0.2, 0.25) is 0 Å². The molecule has 0 aliphatic carbocycles. The highest BCUT2D eigenvalue weighted by atomic mass is 16.6. The van der Waals surface area contributed by atoms with Gasteiger partial charge in [-0.1, -0.05) is 5.16 Å². The number of hydrogen-bond acceptors (Lipinski definition) is 5. The monoisotopic (exact) mass is 198 g/mol. The molecule has 0 unspecified atom stereocenters. The van der Waals surface area contributed by atoms with E-state index in [4.69, 9.17) is 11.0 Å². The molecule has 0 bridgehead atoms. The minimum atomic E-state index is -0.773. The number of primary amides is 1. The van der Waals surface area contributed by atoms with Gasteiger partial charge in [0.05, 0.1) is 0 Å². The Morgan fingerprint density at radius 1 is 1.71 bits per heavy atom. The molecule has 0 aliphatic rings. The number of nitrogens with zero attached hydrogens (tertiary/aromatic N) is 3. The first kappa shape index (κ1) is 11.9. The van der Waals surface area contributed by atoms with E-state index < -0.39 is 18.4 Å². The van der Waals surface area contributed by atoms with E-state index in [0.29, 0.717) is 0 Å². The second kappa shape index (κ2) is 6.42. The number of likely N-dealkylation sites (N-methyl/N-ethyl adjacent to an activating group) is 1. The Morgan fingerprint density at radius 3 is 2.79 bits per heavy atom. The normalized spacial score (nSPS) is 9.43. The Kier molecular flexibility index (Phi) is 5.46. The highest BCUT2D eigenvalue weighted by molar-refractivity contribution is 6.25. The van der Waals surface area contributed by atoms with Crippen LogP contribution in [0, 0.1) is 11.5 Å². The Hall–Kier alpha value is -2.10. The van der Waals surface area contributed by atoms with Gasteiger partial charge in [0.15, 0.2) is 12.8 Å². The summed E-state index contributed by atoms with van der Waals surface area (Å²) >= 11 is 0. The van der Waals surface area contributed by atoms with Crippen molar-refractivity contribution < 1.29 is 14.4 Å². The van der Waals surface area contributed by atoms with Crippen LogP contribution >= 0.6 is 0 Å². The summed E-state index contributed by atoms with van der Waals surface area (Å²) in [5.74, 6) is -1.30. The Balaban J connectivity index is 3.86. The highest BCUT2D eigenvalue weighted by Gasteiger charge is 2.10. The van der Waals surface area contributed by atoms with Gasteiger partial charge in [0.25, 0.3) is 11.8 Å². The number of nitrogens with two attached hydrogens (primary N) is 1. The summed E-state index contributed by atoms with van der Waals surface area (Å²) in [7, 11) is 0. The van der Waals surface area contributed by atoms with E-state index >= 15 is 0 Å². The third-order valence-electron chi connectivity index (χ3n) is 1.18. The van der Waals surface area contributed by atoms with Gasteiger partial charge >= 0.3 is 0 Å². The Morgan fingerprint density at radius 2 is 2.36 bits per heavy atom. The summed E-state index contributed by atoms with van der Waals surface area (Å²) in [5, 5.41) is 11.5. The number of amides is 2. The lowest BCUT2D eigenvalue weighted by atomic mass is 10.5. The first-order chi connectivity index (χ1) is 6.61. The van der Waals surface area contributed by atoms with E-state index in [1.807, 2.05) is 0 Å². The van der Waals surface area contributed by atoms with Crippen molar-refractivity contribution in [1.29, 1.82) is 5.26 Å². The van der Waals surface area contributed by atoms with Crippen LogP contribution in [0.15, 0.2) is 5.16 Å². The summed E-state index contributed by atoms with van der Waals surface area (Å²) in [6, 6.07) is 0. The zero-order valence-electron chi connectivity index (χ0n) is 7.64. The van der Waals surface area contributed by atoms with Crippen LogP contribution in [0.25, 0.3) is 0 Å². The number of hydrogen-bond donors (Lipinski definition) is 1. The van der Waals surface area contributed by atoms with Gasteiger partial charge in [-0.25, -0.2) is 4.90 Å². The fourth-order valence-electron chi connectivity index (χ4n) is 0.562. The average molecular weight is 198 g/mol. The van der Waals surface area contributed by atoms with Gasteiger partial charge in [-0.3, -0.25) is 9.59 Å². The van der Waals surface area contributed by atoms with Gasteiger partial charge in [0.1, 0.15) is 6.21 Å². The van der Waals surface area contributed by atoms with Crippen molar-refractivity contribution >= 4 is 18.0 Å². The van der Waals surface area contributed by atoms with E-state index in [0.717, 1.165) is 11.1 Å². The van der Waals surface area contributed by atoms with Gasteiger partial charge in [-0.2, -0.15) is 5.26 Å². The highest BCUT2D eigenvalue weighted by Crippen LogP contribution is 1.87. The summed E-state index contributed by atoms with van der Waals surface area (Å²) in [6.07, 6.45) is 2.39. The molecule has 0 spiro atoms. The molecule has 0 heterocycles. The molecule has 0 aromatic carbocycles. The molecular weight excluding hydrogens is 188 g/mol. The van der Waals surface area contributed by atoms with Crippen molar-refractivity contribution in [2.45, 2.75) is 6.92 Å². The molecule has 76 valence electrons. The van der Waals surface area contributed by atoms with Crippen LogP contribution in [-0.4, -0.2) is 36.1 Å². The summed E-state index contributed by atoms with van der Waals surface area (Å²) in [5.41, 5.74) is 4.71. The van der Waals surface area contributed by atoms with Crippen LogP contribution < -0.4 is 5.73 Å². The van der Waals surface area contributed by atoms with Gasteiger partial charge in [0, 0.05) is 6.54 Å². The van der Waals surface area contributed by atoms with Crippen molar-refractivity contribution in [3.63, 3.8) is 0 Å². The smallest absolute Gasteiger partial charge is 0.276 e. The molecule has 0 aliphatic heterocycles. The zero-order valence-corrected chi connectivity index (χ0v) is 7.64. The fourth-order valence-corrected chi connectivity index (χ4v) is 0.562. The number of oxime groups is 1. The quantitative estimate of drug-likeness (QED) is 0.259. The zero-order chi connectivity index (χ0) is 11.0. The minimum Gasteiger partial charge on any atom is -0.385 e. The maximum absolute atomic E-state index is 11.0. The predicted molar refractivity (Wildman–Crippen MR) is 46.6 cm³/mol. The van der Waals surface area contributed by atoms with Crippen LogP contribution in [0.3, 0.4) is 0 Å². The number of nitriles is 1.